The molecule has 0 unspecified atom stereocenters. The molecule has 6 heterocycles. The lowest BCUT2D eigenvalue weighted by atomic mass is 9.97. The number of carbonyl (C=O) groups is 10. The molecular weight excluding hydrogens is 1300 g/mol. The number of ether oxygens (including phenoxy) is 3. The van der Waals surface area contributed by atoms with Crippen molar-refractivity contribution in [3.63, 3.8) is 0 Å². The zero-order valence-corrected chi connectivity index (χ0v) is 56.9. The van der Waals surface area contributed by atoms with Crippen molar-refractivity contribution in [3.05, 3.63) is 124 Å². The number of aliphatic carboxylic acids is 1. The molecule has 28 heteroatoms. The van der Waals surface area contributed by atoms with Crippen LogP contribution in [0.5, 0.6) is 11.5 Å². The van der Waals surface area contributed by atoms with Crippen LogP contribution in [0.4, 0.5) is 31.4 Å². The third-order valence-electron chi connectivity index (χ3n) is 17.8. The molecule has 3 aliphatic rings. The molecule has 10 rings (SSSR count). The van der Waals surface area contributed by atoms with Crippen molar-refractivity contribution < 1.29 is 67.3 Å². The number of aromatic nitrogens is 2. The molecule has 7 aromatic rings. The Morgan fingerprint density at radius 2 is 1.50 bits per heavy atom. The van der Waals surface area contributed by atoms with Crippen molar-refractivity contribution >= 4 is 132 Å². The van der Waals surface area contributed by atoms with Crippen LogP contribution in [0.25, 0.3) is 31.9 Å². The highest BCUT2D eigenvalue weighted by Gasteiger charge is 2.39. The maximum atomic E-state index is 14.7. The number of alkyl halides is 1. The van der Waals surface area contributed by atoms with E-state index in [1.807, 2.05) is 30.5 Å². The number of carboxylic acids is 1. The van der Waals surface area contributed by atoms with Crippen LogP contribution in [0.3, 0.4) is 0 Å². The number of aryl methyl sites for hydroxylation is 1. The van der Waals surface area contributed by atoms with Gasteiger partial charge in [-0.05, 0) is 147 Å². The van der Waals surface area contributed by atoms with E-state index in [0.717, 1.165) is 62.6 Å². The van der Waals surface area contributed by atoms with Gasteiger partial charge in [0.25, 0.3) is 29.5 Å². The number of carbonyl (C=O) groups excluding carboxylic acids is 9. The first-order valence-corrected chi connectivity index (χ1v) is 34.1. The molecule has 8 N–H and O–H groups in total. The summed E-state index contributed by atoms with van der Waals surface area (Å²) in [5.74, 6) is -3.52. The lowest BCUT2D eigenvalue weighted by Gasteiger charge is -2.34. The van der Waals surface area contributed by atoms with Gasteiger partial charge in [0, 0.05) is 128 Å². The minimum atomic E-state index is -1.45. The van der Waals surface area contributed by atoms with E-state index in [1.165, 1.54) is 72.4 Å². The van der Waals surface area contributed by atoms with Gasteiger partial charge in [-0.15, -0.1) is 22.9 Å². The largest absolute Gasteiger partial charge is 0.492 e. The van der Waals surface area contributed by atoms with Gasteiger partial charge in [0.05, 0.1) is 10.4 Å². The SMILES string of the molecule is Cc1csc2c(OC(=O)N(C)CCN(C)C(=O)OCc3ccc(N(C(=O)[C@@H](NC(=O)CCCCCN4C(=O)C=CC4=O)C(C)C)[C@@H](CCCNC(N)=O)C(=O)O)cc3)cc3c(c12)[C@H](CCl)CN3C(=O)c1cc2cc(NC(=O)c3cc4cc(OCCN5CCCC5)ccc4[nH]3)ccc2[nH]1. The Kier molecular flexibility index (Phi) is 23.1. The molecule has 4 aromatic carbocycles. The van der Waals surface area contributed by atoms with E-state index >= 15 is 0 Å². The molecule has 3 aliphatic heterocycles. The number of thiophene rings is 1. The summed E-state index contributed by atoms with van der Waals surface area (Å²) in [7, 11) is 3.02. The van der Waals surface area contributed by atoms with Crippen LogP contribution >= 0.6 is 22.9 Å². The monoisotopic (exact) mass is 1380 g/mol. The number of fused-ring (bicyclic) bond motifs is 5. The Labute approximate surface area is 574 Å². The predicted octanol–water partition coefficient (Wildman–Crippen LogP) is 9.44. The molecule has 518 valence electrons. The van der Waals surface area contributed by atoms with E-state index in [9.17, 15) is 53.1 Å². The van der Waals surface area contributed by atoms with Gasteiger partial charge in [-0.25, -0.2) is 19.2 Å². The second kappa shape index (κ2) is 31.9. The number of carboxylic acid groups (broad SMARTS) is 1. The highest BCUT2D eigenvalue weighted by atomic mass is 35.5. The zero-order chi connectivity index (χ0) is 69.9. The van der Waals surface area contributed by atoms with E-state index in [1.54, 1.807) is 67.3 Å². The van der Waals surface area contributed by atoms with Crippen LogP contribution in [-0.2, 0) is 35.3 Å². The average Bonchev–Trinajstić information content (AvgIpc) is 1.57. The summed E-state index contributed by atoms with van der Waals surface area (Å²) in [5, 5.41) is 23.1. The quantitative estimate of drug-likeness (QED) is 0.0125. The Morgan fingerprint density at radius 3 is 2.19 bits per heavy atom. The molecule has 98 heavy (non-hydrogen) atoms. The standard InChI is InChI=1S/C70H81ClN12O14S/c1-41(2)62(77-57(84)13-7-6-8-27-81-58(85)22-23-59(81)86)66(89)83(54(67(90)91)12-11-24-73-68(72)92)48-17-14-43(15-18-48)39-96-69(93)78(4)28-29-79(5)70(94)97-56-36-55-61(60-42(3)40-98-63(56)60)46(37-71)38-82(55)65(88)53-35-44-32-47(16-20-50(44)76-53)74-64(87)52-34-45-33-49(19-21-51(45)75-52)95-31-30-80-25-9-10-26-80/h14-23,32-36,40-41,46,54,62,75-76H,6-13,24-31,37-39H2,1-5H3,(H,74,87)(H,77,84)(H,90,91)(H3,72,73,92)/t46-,54+,62+/m1/s1. The first-order valence-electron chi connectivity index (χ1n) is 32.7. The van der Waals surface area contributed by atoms with Crippen LogP contribution in [0.15, 0.2) is 96.4 Å². The minimum Gasteiger partial charge on any atom is -0.492 e. The Bertz CT molecular complexity index is 4180. The first-order chi connectivity index (χ1) is 47.0. The van der Waals surface area contributed by atoms with Gasteiger partial charge in [-0.3, -0.25) is 43.5 Å². The van der Waals surface area contributed by atoms with Gasteiger partial charge >= 0.3 is 24.2 Å². The predicted molar refractivity (Wildman–Crippen MR) is 372 cm³/mol. The summed E-state index contributed by atoms with van der Waals surface area (Å²) in [5.41, 5.74) is 10.9. The van der Waals surface area contributed by atoms with Crippen molar-refractivity contribution in [1.29, 1.82) is 0 Å². The number of likely N-dealkylation sites (tertiary alicyclic amines) is 1. The number of likely N-dealkylation sites (N-methyl/N-ethyl adjacent to an activating group) is 2. The fourth-order valence-electron chi connectivity index (χ4n) is 12.4. The number of nitrogens with one attached hydrogen (secondary N) is 5. The van der Waals surface area contributed by atoms with E-state index in [2.05, 4.69) is 30.8 Å². The molecule has 0 spiro atoms. The number of benzene rings is 4. The lowest BCUT2D eigenvalue weighted by molar-refractivity contribution is -0.141. The fraction of sp³-hybridized carbons (Fsp3) is 0.400. The molecule has 26 nitrogen and oxygen atoms in total. The topological polar surface area (TPSA) is 332 Å². The number of hydrogen-bond donors (Lipinski definition) is 7. The summed E-state index contributed by atoms with van der Waals surface area (Å²) < 4.78 is 18.5. The highest BCUT2D eigenvalue weighted by Crippen LogP contribution is 2.49. The van der Waals surface area contributed by atoms with Crippen LogP contribution in [0, 0.1) is 12.8 Å². The second-order valence-corrected chi connectivity index (χ2v) is 26.3. The number of anilines is 3. The fourth-order valence-corrected chi connectivity index (χ4v) is 13.6. The number of halogens is 1. The van der Waals surface area contributed by atoms with Crippen LogP contribution in [0.1, 0.15) is 109 Å². The number of hydrogen-bond acceptors (Lipinski definition) is 15. The summed E-state index contributed by atoms with van der Waals surface area (Å²) in [4.78, 5) is 147. The number of urea groups is 1. The second-order valence-electron chi connectivity index (χ2n) is 25.2. The van der Waals surface area contributed by atoms with Gasteiger partial charge in [0.1, 0.15) is 42.4 Å². The molecule has 1 saturated heterocycles. The van der Waals surface area contributed by atoms with Gasteiger partial charge in [-0.1, -0.05) is 32.4 Å². The van der Waals surface area contributed by atoms with E-state index in [-0.39, 0.29) is 93.6 Å². The lowest BCUT2D eigenvalue weighted by Crippen LogP contribution is -2.56. The van der Waals surface area contributed by atoms with Gasteiger partial charge in [0.15, 0.2) is 5.75 Å². The van der Waals surface area contributed by atoms with Crippen molar-refractivity contribution in [2.24, 2.45) is 11.7 Å². The molecule has 0 aliphatic carbocycles. The summed E-state index contributed by atoms with van der Waals surface area (Å²) in [6.07, 6.45) is 4.81. The van der Waals surface area contributed by atoms with Crippen LogP contribution in [-0.4, -0.2) is 185 Å². The maximum Gasteiger partial charge on any atom is 0.415 e. The normalized spacial score (nSPS) is 15.0. The number of rotatable bonds is 30. The highest BCUT2D eigenvalue weighted by molar-refractivity contribution is 7.17. The Balaban J connectivity index is 0.743. The van der Waals surface area contributed by atoms with Crippen molar-refractivity contribution in [1.82, 2.24) is 40.2 Å². The number of nitrogens with zero attached hydrogens (tertiary/aromatic N) is 6. The molecule has 3 aromatic heterocycles. The molecule has 1 fully saturated rings. The number of H-pyrrole nitrogens is 2. The molecule has 10 amide bonds. The van der Waals surface area contributed by atoms with Gasteiger partial charge < -0.3 is 65.7 Å². The average molecular weight is 1380 g/mol. The third-order valence-corrected chi connectivity index (χ3v) is 19.2. The van der Waals surface area contributed by atoms with E-state index in [4.69, 9.17) is 31.5 Å². The van der Waals surface area contributed by atoms with Crippen LogP contribution in [0.2, 0.25) is 0 Å². The Hall–Kier alpha value is -9.99. The molecule has 0 saturated carbocycles. The molecule has 3 atom stereocenters. The van der Waals surface area contributed by atoms with Gasteiger partial charge in [0.2, 0.25) is 5.91 Å². The maximum absolute atomic E-state index is 14.7. The minimum absolute atomic E-state index is 0.0223. The molecular formula is C70H81ClN12O14S. The Morgan fingerprint density at radius 1 is 0.816 bits per heavy atom. The van der Waals surface area contributed by atoms with Crippen molar-refractivity contribution in [2.45, 2.75) is 96.7 Å². The zero-order valence-electron chi connectivity index (χ0n) is 55.3. The number of aromatic amines is 2. The van der Waals surface area contributed by atoms with Crippen LogP contribution < -0.4 is 41.0 Å². The summed E-state index contributed by atoms with van der Waals surface area (Å²) in [6, 6.07) is 19.0. The van der Waals surface area contributed by atoms with Crippen molar-refractivity contribution in [3.8, 4) is 11.5 Å². The van der Waals surface area contributed by atoms with E-state index < -0.39 is 65.8 Å². The number of nitrogens with two attached hydrogens (primary N) is 1. The van der Waals surface area contributed by atoms with E-state index in [0.29, 0.717) is 69.8 Å². The molecule has 0 radical (unpaired) electrons. The van der Waals surface area contributed by atoms with Crippen molar-refractivity contribution in [2.75, 3.05) is 94.1 Å². The summed E-state index contributed by atoms with van der Waals surface area (Å²) >= 11 is 8.05. The first kappa shape index (κ1) is 70.8. The van der Waals surface area contributed by atoms with Gasteiger partial charge in [-0.2, -0.15) is 0 Å². The number of imide groups is 1. The number of primary amides is 1. The third kappa shape index (κ3) is 16.9. The number of amides is 10. The molecule has 0 bridgehead atoms. The smallest absolute Gasteiger partial charge is 0.415 e. The summed E-state index contributed by atoms with van der Waals surface area (Å²) in [6.45, 7) is 9.33. The number of unbranched alkanes of at least 4 members (excludes halogenated alkanes) is 2.